The molecule has 26 heavy (non-hydrogen) atoms. The van der Waals surface area contributed by atoms with E-state index in [0.29, 0.717) is 0 Å². The van der Waals surface area contributed by atoms with Gasteiger partial charge in [0.2, 0.25) is 0 Å². The number of ether oxygens (including phenoxy) is 1. The van der Waals surface area contributed by atoms with Crippen LogP contribution in [0.4, 0.5) is 4.79 Å². The number of sulfonamides is 1. The molecule has 0 aromatic heterocycles. The molecule has 1 heterocycles. The monoisotopic (exact) mass is 437 g/mol. The van der Waals surface area contributed by atoms with Crippen LogP contribution in [0.2, 0.25) is 0 Å². The smallest absolute Gasteiger partial charge is 0.424 e. The first-order chi connectivity index (χ1) is 12.2. The highest BCUT2D eigenvalue weighted by Gasteiger charge is 2.45. The highest BCUT2D eigenvalue weighted by molar-refractivity contribution is 9.09. The van der Waals surface area contributed by atoms with Crippen molar-refractivity contribution in [1.29, 1.82) is 0 Å². The van der Waals surface area contributed by atoms with E-state index < -0.39 is 22.2 Å². The molecule has 0 saturated carbocycles. The summed E-state index contributed by atoms with van der Waals surface area (Å²) in [5, 5.41) is 0. The quantitative estimate of drug-likeness (QED) is 0.672. The van der Waals surface area contributed by atoms with E-state index >= 15 is 0 Å². The number of hydrogen-bond donors (Lipinski definition) is 0. The second kappa shape index (κ2) is 7.04. The predicted octanol–water partition coefficient (Wildman–Crippen LogP) is 4.26. The highest BCUT2D eigenvalue weighted by Crippen LogP contribution is 2.39. The zero-order chi connectivity index (χ0) is 19.1. The lowest BCUT2D eigenvalue weighted by Gasteiger charge is -2.38. The molecule has 0 N–H and O–H groups in total. The van der Waals surface area contributed by atoms with Crippen molar-refractivity contribution in [3.8, 4) is 0 Å². The fourth-order valence-electron chi connectivity index (χ4n) is 3.12. The van der Waals surface area contributed by atoms with Crippen molar-refractivity contribution < 1.29 is 17.9 Å². The van der Waals surface area contributed by atoms with Crippen molar-refractivity contribution >= 4 is 32.0 Å². The van der Waals surface area contributed by atoms with Crippen LogP contribution in [0, 0.1) is 20.8 Å². The molecule has 2 aromatic carbocycles. The van der Waals surface area contributed by atoms with Gasteiger partial charge in [-0.25, -0.2) is 13.2 Å². The summed E-state index contributed by atoms with van der Waals surface area (Å²) in [6.45, 7) is 5.87. The number of halogens is 1. The molecule has 1 amide bonds. The van der Waals surface area contributed by atoms with Gasteiger partial charge in [0.05, 0.1) is 15.8 Å². The maximum Gasteiger partial charge on any atom is 0.424 e. The molecule has 0 bridgehead atoms. The molecule has 2 atom stereocenters. The Balaban J connectivity index is 2.14. The van der Waals surface area contributed by atoms with E-state index in [4.69, 9.17) is 4.74 Å². The number of nitrogens with zero attached hydrogens (tertiary/aromatic N) is 1. The maximum atomic E-state index is 13.2. The number of alkyl halides is 1. The van der Waals surface area contributed by atoms with Crippen LogP contribution in [0.25, 0.3) is 0 Å². The molecular weight excluding hydrogens is 418 g/mol. The summed E-state index contributed by atoms with van der Waals surface area (Å²) in [4.78, 5) is 12.2. The van der Waals surface area contributed by atoms with Crippen molar-refractivity contribution in [3.63, 3.8) is 0 Å². The Kier molecular flexibility index (Phi) is 5.12. The van der Waals surface area contributed by atoms with Gasteiger partial charge in [-0.05, 0) is 44.0 Å². The minimum Gasteiger partial charge on any atom is -0.447 e. The zero-order valence-electron chi connectivity index (χ0n) is 14.8. The van der Waals surface area contributed by atoms with Gasteiger partial charge < -0.3 is 4.74 Å². The molecular formula is C19H20BrNO4S. The van der Waals surface area contributed by atoms with E-state index in [-0.39, 0.29) is 16.3 Å². The Hall–Kier alpha value is -1.86. The van der Waals surface area contributed by atoms with Gasteiger partial charge in [0.1, 0.15) is 6.61 Å². The molecule has 0 spiro atoms. The van der Waals surface area contributed by atoms with Crippen molar-refractivity contribution in [3.05, 3.63) is 64.7 Å². The summed E-state index contributed by atoms with van der Waals surface area (Å²) < 4.78 is 32.4. The lowest BCUT2D eigenvalue weighted by molar-refractivity contribution is 0.0838. The number of carbonyl (C=O) groups excluding carboxylic acids is 1. The van der Waals surface area contributed by atoms with E-state index in [1.807, 2.05) is 39.0 Å². The van der Waals surface area contributed by atoms with E-state index in [1.165, 1.54) is 12.1 Å². The normalized spacial score (nSPS) is 20.8. The van der Waals surface area contributed by atoms with Crippen LogP contribution >= 0.6 is 15.9 Å². The average Bonchev–Trinajstić information content (AvgIpc) is 2.57. The Morgan fingerprint density at radius 3 is 2.27 bits per heavy atom. The van der Waals surface area contributed by atoms with Crippen LogP contribution in [0.3, 0.4) is 0 Å². The first-order valence-corrected chi connectivity index (χ1v) is 10.6. The van der Waals surface area contributed by atoms with Gasteiger partial charge in [-0.1, -0.05) is 57.4 Å². The Labute approximate surface area is 162 Å². The number of benzene rings is 2. The zero-order valence-corrected chi connectivity index (χ0v) is 17.2. The van der Waals surface area contributed by atoms with Gasteiger partial charge in [0.15, 0.2) is 0 Å². The predicted molar refractivity (Wildman–Crippen MR) is 103 cm³/mol. The van der Waals surface area contributed by atoms with Gasteiger partial charge in [-0.15, -0.1) is 0 Å². The van der Waals surface area contributed by atoms with Crippen molar-refractivity contribution in [1.82, 2.24) is 4.31 Å². The molecule has 1 saturated heterocycles. The molecule has 5 nitrogen and oxygen atoms in total. The molecule has 1 fully saturated rings. The third-order valence-electron chi connectivity index (χ3n) is 4.46. The van der Waals surface area contributed by atoms with Crippen LogP contribution < -0.4 is 0 Å². The number of amides is 1. The van der Waals surface area contributed by atoms with Crippen molar-refractivity contribution in [2.45, 2.75) is 36.5 Å². The third-order valence-corrected chi connectivity index (χ3v) is 6.99. The second-order valence-corrected chi connectivity index (χ2v) is 9.50. The largest absolute Gasteiger partial charge is 0.447 e. The third kappa shape index (κ3) is 3.38. The van der Waals surface area contributed by atoms with Crippen LogP contribution in [-0.4, -0.2) is 30.3 Å². The Morgan fingerprint density at radius 1 is 1.04 bits per heavy atom. The lowest BCUT2D eigenvalue weighted by Crippen LogP contribution is -2.49. The first kappa shape index (κ1) is 18.9. The molecule has 0 radical (unpaired) electrons. The molecule has 138 valence electrons. The number of carbonyl (C=O) groups is 1. The van der Waals surface area contributed by atoms with Gasteiger partial charge in [0.25, 0.3) is 10.0 Å². The highest BCUT2D eigenvalue weighted by atomic mass is 79.9. The Bertz CT molecular complexity index is 941. The van der Waals surface area contributed by atoms with Crippen molar-refractivity contribution in [2.24, 2.45) is 0 Å². The minimum atomic E-state index is -4.06. The summed E-state index contributed by atoms with van der Waals surface area (Å²) in [6.07, 6.45) is -0.855. The minimum absolute atomic E-state index is 0.0661. The van der Waals surface area contributed by atoms with E-state index in [9.17, 15) is 13.2 Å². The molecule has 1 aliphatic rings. The molecule has 3 rings (SSSR count). The first-order valence-electron chi connectivity index (χ1n) is 8.21. The lowest BCUT2D eigenvalue weighted by atomic mass is 9.97. The number of hydrogen-bond acceptors (Lipinski definition) is 4. The number of rotatable bonds is 3. The fourth-order valence-corrected chi connectivity index (χ4v) is 5.44. The van der Waals surface area contributed by atoms with Gasteiger partial charge >= 0.3 is 6.09 Å². The molecule has 0 aliphatic carbocycles. The maximum absolute atomic E-state index is 13.2. The summed E-state index contributed by atoms with van der Waals surface area (Å²) in [5.41, 5.74) is 3.72. The SMILES string of the molecule is Cc1ccc(S(=O)(=O)N2C(=O)OC[C@H](Br)[C@H]2c2ccc(C)cc2C)cc1. The second-order valence-electron chi connectivity index (χ2n) is 6.51. The van der Waals surface area contributed by atoms with Gasteiger partial charge in [-0.3, -0.25) is 0 Å². The number of cyclic esters (lactones) is 1. The molecule has 7 heteroatoms. The standard InChI is InChI=1S/C19H20BrNO4S/c1-12-4-7-15(8-5-12)26(23,24)21-18(17(20)11-25-19(21)22)16-9-6-13(2)10-14(16)3/h4-10,17-18H,11H2,1-3H3/t17-,18+/m0/s1. The van der Waals surface area contributed by atoms with Gasteiger partial charge in [-0.2, -0.15) is 4.31 Å². The fraction of sp³-hybridized carbons (Fsp3) is 0.316. The molecule has 2 aromatic rings. The summed E-state index contributed by atoms with van der Waals surface area (Å²) in [5.74, 6) is 0. The van der Waals surface area contributed by atoms with Crippen LogP contribution in [0.5, 0.6) is 0 Å². The number of aryl methyl sites for hydroxylation is 3. The Morgan fingerprint density at radius 2 is 1.65 bits per heavy atom. The average molecular weight is 438 g/mol. The van der Waals surface area contributed by atoms with Crippen LogP contribution in [-0.2, 0) is 14.8 Å². The van der Waals surface area contributed by atoms with Crippen molar-refractivity contribution in [2.75, 3.05) is 6.61 Å². The summed E-state index contributed by atoms with van der Waals surface area (Å²) in [7, 11) is -4.06. The van der Waals surface area contributed by atoms with E-state index in [0.717, 1.165) is 26.6 Å². The topological polar surface area (TPSA) is 63.7 Å². The van der Waals surface area contributed by atoms with Crippen LogP contribution in [0.15, 0.2) is 47.4 Å². The van der Waals surface area contributed by atoms with Gasteiger partial charge in [0, 0.05) is 0 Å². The van der Waals surface area contributed by atoms with Crippen LogP contribution in [0.1, 0.15) is 28.3 Å². The van der Waals surface area contributed by atoms with E-state index in [2.05, 4.69) is 15.9 Å². The summed E-state index contributed by atoms with van der Waals surface area (Å²) in [6, 6.07) is 11.5. The summed E-state index contributed by atoms with van der Waals surface area (Å²) >= 11 is 3.51. The van der Waals surface area contributed by atoms with E-state index in [1.54, 1.807) is 12.1 Å². The molecule has 1 aliphatic heterocycles. The molecule has 0 unspecified atom stereocenters.